The summed E-state index contributed by atoms with van der Waals surface area (Å²) in [6.45, 7) is 3.44. The normalized spacial score (nSPS) is 12.7. The molecule has 6 heteroatoms. The zero-order chi connectivity index (χ0) is 19.1. The molecule has 0 saturated heterocycles. The number of hydrogen-bond donors (Lipinski definition) is 2. The van der Waals surface area contributed by atoms with Gasteiger partial charge in [-0.05, 0) is 42.7 Å². The zero-order valence-electron chi connectivity index (χ0n) is 14.8. The minimum Gasteiger partial charge on any atom is -0.453 e. The second-order valence-electron chi connectivity index (χ2n) is 6.08. The number of carbonyl (C=O) groups is 3. The van der Waals surface area contributed by atoms with Gasteiger partial charge >= 0.3 is 5.97 Å². The highest BCUT2D eigenvalue weighted by atomic mass is 16.5. The molecule has 3 N–H and O–H groups in total. The molecule has 0 aliphatic carbocycles. The summed E-state index contributed by atoms with van der Waals surface area (Å²) in [5.74, 6) is -1.43. The molecule has 0 aliphatic rings. The van der Waals surface area contributed by atoms with Crippen LogP contribution in [0.4, 0.5) is 5.69 Å². The van der Waals surface area contributed by atoms with Crippen LogP contribution in [0.25, 0.3) is 0 Å². The van der Waals surface area contributed by atoms with Crippen molar-refractivity contribution in [3.8, 4) is 0 Å². The predicted molar refractivity (Wildman–Crippen MR) is 98.6 cm³/mol. The minimum atomic E-state index is -0.929. The van der Waals surface area contributed by atoms with Gasteiger partial charge in [-0.1, -0.05) is 37.3 Å². The molecule has 2 atom stereocenters. The fourth-order valence-electron chi connectivity index (χ4n) is 2.41. The van der Waals surface area contributed by atoms with E-state index in [1.807, 2.05) is 37.3 Å². The van der Waals surface area contributed by atoms with Crippen LogP contribution in [0.5, 0.6) is 0 Å². The topological polar surface area (TPSA) is 98.5 Å². The molecule has 0 bridgehead atoms. The maximum Gasteiger partial charge on any atom is 0.307 e. The first-order chi connectivity index (χ1) is 12.4. The van der Waals surface area contributed by atoms with E-state index in [2.05, 4.69) is 5.32 Å². The molecule has 0 radical (unpaired) electrons. The highest BCUT2D eigenvalue weighted by Crippen LogP contribution is 2.19. The van der Waals surface area contributed by atoms with E-state index in [0.29, 0.717) is 11.3 Å². The molecular formula is C20H22N2O4. The summed E-state index contributed by atoms with van der Waals surface area (Å²) >= 11 is 0. The second-order valence-corrected chi connectivity index (χ2v) is 6.08. The van der Waals surface area contributed by atoms with E-state index in [0.717, 1.165) is 5.56 Å². The first kappa shape index (κ1) is 19.2. The molecule has 2 aromatic rings. The Balaban J connectivity index is 1.85. The van der Waals surface area contributed by atoms with E-state index in [4.69, 9.17) is 10.5 Å². The first-order valence-corrected chi connectivity index (χ1v) is 8.32. The van der Waals surface area contributed by atoms with Gasteiger partial charge in [0.05, 0.1) is 6.42 Å². The second kappa shape index (κ2) is 8.80. The average Bonchev–Trinajstić information content (AvgIpc) is 2.62. The quantitative estimate of drug-likeness (QED) is 0.747. The number of benzene rings is 2. The van der Waals surface area contributed by atoms with E-state index in [-0.39, 0.29) is 12.3 Å². The van der Waals surface area contributed by atoms with Crippen molar-refractivity contribution >= 4 is 23.5 Å². The molecule has 0 unspecified atom stereocenters. The van der Waals surface area contributed by atoms with Gasteiger partial charge in [0.25, 0.3) is 5.91 Å². The monoisotopic (exact) mass is 354 g/mol. The molecule has 2 amide bonds. The number of primary amides is 1. The SMILES string of the molecule is C[C@H](OC(=O)C[C@H](C)c1ccccc1)C(=O)Nc1ccc(C(N)=O)cc1. The summed E-state index contributed by atoms with van der Waals surface area (Å²) in [4.78, 5) is 35.2. The van der Waals surface area contributed by atoms with Gasteiger partial charge in [0.15, 0.2) is 6.10 Å². The van der Waals surface area contributed by atoms with Crippen LogP contribution in [0, 0.1) is 0 Å². The van der Waals surface area contributed by atoms with Crippen molar-refractivity contribution in [1.29, 1.82) is 0 Å². The van der Waals surface area contributed by atoms with Crippen molar-refractivity contribution < 1.29 is 19.1 Å². The number of amides is 2. The van der Waals surface area contributed by atoms with Crippen molar-refractivity contribution in [2.75, 3.05) is 5.32 Å². The molecule has 2 rings (SSSR count). The highest BCUT2D eigenvalue weighted by Gasteiger charge is 2.20. The largest absolute Gasteiger partial charge is 0.453 e. The molecular weight excluding hydrogens is 332 g/mol. The molecule has 0 fully saturated rings. The Morgan fingerprint density at radius 1 is 1.00 bits per heavy atom. The Morgan fingerprint density at radius 3 is 2.19 bits per heavy atom. The molecule has 0 aromatic heterocycles. The number of rotatable bonds is 7. The number of anilines is 1. The summed E-state index contributed by atoms with van der Waals surface area (Å²) in [6, 6.07) is 15.8. The smallest absolute Gasteiger partial charge is 0.307 e. The molecule has 26 heavy (non-hydrogen) atoms. The van der Waals surface area contributed by atoms with E-state index < -0.39 is 23.9 Å². The van der Waals surface area contributed by atoms with Crippen LogP contribution in [-0.4, -0.2) is 23.9 Å². The van der Waals surface area contributed by atoms with Gasteiger partial charge in [-0.25, -0.2) is 0 Å². The summed E-state index contributed by atoms with van der Waals surface area (Å²) in [5, 5.41) is 2.63. The number of ether oxygens (including phenoxy) is 1. The van der Waals surface area contributed by atoms with Crippen LogP contribution in [-0.2, 0) is 14.3 Å². The van der Waals surface area contributed by atoms with Crippen LogP contribution in [0.3, 0.4) is 0 Å². The van der Waals surface area contributed by atoms with Gasteiger partial charge in [-0.15, -0.1) is 0 Å². The lowest BCUT2D eigenvalue weighted by molar-refractivity contribution is -0.153. The Bertz CT molecular complexity index is 772. The number of hydrogen-bond acceptors (Lipinski definition) is 4. The lowest BCUT2D eigenvalue weighted by Gasteiger charge is -2.16. The predicted octanol–water partition coefficient (Wildman–Crippen LogP) is 2.85. The van der Waals surface area contributed by atoms with Crippen LogP contribution >= 0.6 is 0 Å². The highest BCUT2D eigenvalue weighted by molar-refractivity contribution is 5.96. The summed E-state index contributed by atoms with van der Waals surface area (Å²) < 4.78 is 5.21. The standard InChI is InChI=1S/C20H22N2O4/c1-13(15-6-4-3-5-7-15)12-18(23)26-14(2)20(25)22-17-10-8-16(9-11-17)19(21)24/h3-11,13-14H,12H2,1-2H3,(H2,21,24)(H,22,25)/t13-,14-/m0/s1. The van der Waals surface area contributed by atoms with Crippen LogP contribution in [0.2, 0.25) is 0 Å². The fourth-order valence-corrected chi connectivity index (χ4v) is 2.41. The van der Waals surface area contributed by atoms with E-state index in [9.17, 15) is 14.4 Å². The lowest BCUT2D eigenvalue weighted by Crippen LogP contribution is -2.30. The van der Waals surface area contributed by atoms with Crippen molar-refractivity contribution in [2.45, 2.75) is 32.3 Å². The van der Waals surface area contributed by atoms with Gasteiger partial charge < -0.3 is 15.8 Å². The third-order valence-corrected chi connectivity index (χ3v) is 3.96. The third kappa shape index (κ3) is 5.44. The summed E-state index contributed by atoms with van der Waals surface area (Å²) in [6.07, 6.45) is -0.740. The van der Waals surface area contributed by atoms with E-state index >= 15 is 0 Å². The van der Waals surface area contributed by atoms with Crippen LogP contribution in [0.1, 0.15) is 42.1 Å². The van der Waals surface area contributed by atoms with Gasteiger partial charge in [0.1, 0.15) is 0 Å². The van der Waals surface area contributed by atoms with Crippen molar-refractivity contribution in [1.82, 2.24) is 0 Å². The Hall–Kier alpha value is -3.15. The van der Waals surface area contributed by atoms with Crippen molar-refractivity contribution in [3.63, 3.8) is 0 Å². The Kier molecular flexibility index (Phi) is 6.49. The first-order valence-electron chi connectivity index (χ1n) is 8.32. The van der Waals surface area contributed by atoms with Gasteiger partial charge in [0, 0.05) is 11.3 Å². The maximum absolute atomic E-state index is 12.1. The fraction of sp³-hybridized carbons (Fsp3) is 0.250. The number of esters is 1. The molecule has 0 saturated carbocycles. The van der Waals surface area contributed by atoms with Gasteiger partial charge in [0.2, 0.25) is 5.91 Å². The molecule has 136 valence electrons. The lowest BCUT2D eigenvalue weighted by atomic mass is 9.98. The molecule has 2 aromatic carbocycles. The Labute approximate surface area is 152 Å². The molecule has 0 spiro atoms. The van der Waals surface area contributed by atoms with Crippen LogP contribution < -0.4 is 11.1 Å². The van der Waals surface area contributed by atoms with E-state index in [1.165, 1.54) is 19.1 Å². The van der Waals surface area contributed by atoms with Gasteiger partial charge in [-0.3, -0.25) is 14.4 Å². The summed E-state index contributed by atoms with van der Waals surface area (Å²) in [7, 11) is 0. The van der Waals surface area contributed by atoms with Crippen molar-refractivity contribution in [2.24, 2.45) is 5.73 Å². The van der Waals surface area contributed by atoms with Crippen molar-refractivity contribution in [3.05, 3.63) is 65.7 Å². The molecule has 0 heterocycles. The summed E-state index contributed by atoms with van der Waals surface area (Å²) in [5.41, 5.74) is 7.04. The number of nitrogens with two attached hydrogens (primary N) is 1. The number of carbonyl (C=O) groups excluding carboxylic acids is 3. The molecule has 0 aliphatic heterocycles. The minimum absolute atomic E-state index is 0.000283. The number of nitrogens with one attached hydrogen (secondary N) is 1. The van der Waals surface area contributed by atoms with E-state index in [1.54, 1.807) is 12.1 Å². The zero-order valence-corrected chi connectivity index (χ0v) is 14.8. The molecule has 6 nitrogen and oxygen atoms in total. The third-order valence-electron chi connectivity index (χ3n) is 3.96. The average molecular weight is 354 g/mol. The van der Waals surface area contributed by atoms with Gasteiger partial charge in [-0.2, -0.15) is 0 Å². The van der Waals surface area contributed by atoms with Crippen LogP contribution in [0.15, 0.2) is 54.6 Å². The Morgan fingerprint density at radius 2 is 1.62 bits per heavy atom. The maximum atomic E-state index is 12.1.